The molecule has 0 spiro atoms. The third-order valence-corrected chi connectivity index (χ3v) is 3.18. The van der Waals surface area contributed by atoms with Crippen LogP contribution in [0.4, 0.5) is 35.1 Å². The third-order valence-electron chi connectivity index (χ3n) is 3.18. The number of anilines is 3. The minimum atomic E-state index is -4.73. The molecule has 2 aromatic rings. The summed E-state index contributed by atoms with van der Waals surface area (Å²) in [5.41, 5.74) is 6.18. The van der Waals surface area contributed by atoms with E-state index >= 15 is 0 Å². The van der Waals surface area contributed by atoms with Crippen molar-refractivity contribution in [1.29, 1.82) is 0 Å². The maximum atomic E-state index is 13.6. The number of hydrogen-bond donors (Lipinski definition) is 2. The molecule has 1 saturated carbocycles. The number of nitrogens with two attached hydrogens (primary N) is 1. The summed E-state index contributed by atoms with van der Waals surface area (Å²) in [5.74, 6) is -2.44. The summed E-state index contributed by atoms with van der Waals surface area (Å²) in [7, 11) is 0. The SMILES string of the molecule is Nc1nc(Nc2ccc(F)c(C3CC3)c2)nc(C(F)(F)F)n1. The molecule has 1 aromatic carbocycles. The van der Waals surface area contributed by atoms with Crippen LogP contribution in [-0.4, -0.2) is 15.0 Å². The largest absolute Gasteiger partial charge is 0.451 e. The number of nitrogen functional groups attached to an aromatic ring is 1. The van der Waals surface area contributed by atoms with Gasteiger partial charge in [-0.05, 0) is 42.5 Å². The van der Waals surface area contributed by atoms with Crippen molar-refractivity contribution >= 4 is 17.6 Å². The molecular weight excluding hydrogens is 302 g/mol. The summed E-state index contributed by atoms with van der Waals surface area (Å²) in [5, 5.41) is 2.60. The maximum absolute atomic E-state index is 13.6. The monoisotopic (exact) mass is 313 g/mol. The Labute approximate surface area is 122 Å². The average molecular weight is 313 g/mol. The highest BCUT2D eigenvalue weighted by atomic mass is 19.4. The van der Waals surface area contributed by atoms with Gasteiger partial charge in [0, 0.05) is 5.69 Å². The lowest BCUT2D eigenvalue weighted by Gasteiger charge is -2.10. The third kappa shape index (κ3) is 3.07. The van der Waals surface area contributed by atoms with Crippen molar-refractivity contribution in [1.82, 2.24) is 15.0 Å². The van der Waals surface area contributed by atoms with Gasteiger partial charge in [0.2, 0.25) is 17.7 Å². The van der Waals surface area contributed by atoms with Crippen LogP contribution in [0.5, 0.6) is 0 Å². The number of nitrogens with one attached hydrogen (secondary N) is 1. The standard InChI is InChI=1S/C13H11F4N5/c14-9-4-3-7(5-8(9)6-1-2-6)19-12-21-10(13(15,16)17)20-11(18)22-12/h3-6H,1-2H2,(H3,18,19,20,21,22). The Hall–Kier alpha value is -2.45. The Kier molecular flexibility index (Phi) is 3.34. The van der Waals surface area contributed by atoms with Gasteiger partial charge in [0.1, 0.15) is 5.82 Å². The zero-order chi connectivity index (χ0) is 15.9. The highest BCUT2D eigenvalue weighted by Gasteiger charge is 2.35. The zero-order valence-electron chi connectivity index (χ0n) is 11.2. The van der Waals surface area contributed by atoms with Gasteiger partial charge in [-0.15, -0.1) is 0 Å². The number of benzene rings is 1. The highest BCUT2D eigenvalue weighted by Crippen LogP contribution is 2.42. The number of rotatable bonds is 3. The molecule has 0 bridgehead atoms. The molecule has 0 atom stereocenters. The Bertz CT molecular complexity index is 712. The minimum Gasteiger partial charge on any atom is -0.368 e. The van der Waals surface area contributed by atoms with Crippen molar-refractivity contribution in [2.24, 2.45) is 0 Å². The average Bonchev–Trinajstić information content (AvgIpc) is 3.24. The van der Waals surface area contributed by atoms with Crippen molar-refractivity contribution in [3.63, 3.8) is 0 Å². The molecule has 0 unspecified atom stereocenters. The molecule has 0 amide bonds. The van der Waals surface area contributed by atoms with E-state index in [0.717, 1.165) is 12.8 Å². The molecular formula is C13H11F4N5. The second-order valence-corrected chi connectivity index (χ2v) is 4.97. The van der Waals surface area contributed by atoms with Gasteiger partial charge in [0.15, 0.2) is 0 Å². The van der Waals surface area contributed by atoms with Crippen molar-refractivity contribution < 1.29 is 17.6 Å². The molecule has 5 nitrogen and oxygen atoms in total. The lowest BCUT2D eigenvalue weighted by molar-refractivity contribution is -0.144. The molecule has 1 aliphatic carbocycles. The molecule has 1 aliphatic rings. The van der Waals surface area contributed by atoms with E-state index in [9.17, 15) is 17.6 Å². The Morgan fingerprint density at radius 2 is 1.86 bits per heavy atom. The van der Waals surface area contributed by atoms with Crippen LogP contribution in [0.3, 0.4) is 0 Å². The van der Waals surface area contributed by atoms with E-state index in [1.54, 1.807) is 6.07 Å². The fourth-order valence-electron chi connectivity index (χ4n) is 2.03. The molecule has 9 heteroatoms. The molecule has 116 valence electrons. The first-order valence-corrected chi connectivity index (χ1v) is 6.48. The van der Waals surface area contributed by atoms with Crippen LogP contribution in [0.2, 0.25) is 0 Å². The first-order chi connectivity index (χ1) is 10.3. The van der Waals surface area contributed by atoms with E-state index in [1.165, 1.54) is 12.1 Å². The fourth-order valence-corrected chi connectivity index (χ4v) is 2.03. The molecule has 0 aliphatic heterocycles. The molecule has 0 radical (unpaired) electrons. The van der Waals surface area contributed by atoms with E-state index in [-0.39, 0.29) is 17.7 Å². The lowest BCUT2D eigenvalue weighted by atomic mass is 10.1. The minimum absolute atomic E-state index is 0.163. The van der Waals surface area contributed by atoms with E-state index in [0.29, 0.717) is 11.3 Å². The molecule has 0 saturated heterocycles. The topological polar surface area (TPSA) is 76.7 Å². The van der Waals surface area contributed by atoms with Gasteiger partial charge in [-0.2, -0.15) is 28.1 Å². The van der Waals surface area contributed by atoms with E-state index in [1.807, 2.05) is 0 Å². The van der Waals surface area contributed by atoms with Gasteiger partial charge in [0.25, 0.3) is 0 Å². The van der Waals surface area contributed by atoms with Crippen LogP contribution in [0.1, 0.15) is 30.1 Å². The van der Waals surface area contributed by atoms with Crippen molar-refractivity contribution in [3.8, 4) is 0 Å². The second-order valence-electron chi connectivity index (χ2n) is 4.97. The van der Waals surface area contributed by atoms with Crippen molar-refractivity contribution in [3.05, 3.63) is 35.4 Å². The van der Waals surface area contributed by atoms with Gasteiger partial charge in [-0.3, -0.25) is 0 Å². The van der Waals surface area contributed by atoms with Gasteiger partial charge in [-0.25, -0.2) is 4.39 Å². The van der Waals surface area contributed by atoms with Crippen LogP contribution < -0.4 is 11.1 Å². The maximum Gasteiger partial charge on any atom is 0.451 e. The number of nitrogens with zero attached hydrogens (tertiary/aromatic N) is 3. The number of halogens is 4. The summed E-state index contributed by atoms with van der Waals surface area (Å²) < 4.78 is 51.5. The van der Waals surface area contributed by atoms with Crippen molar-refractivity contribution in [2.45, 2.75) is 24.9 Å². The first-order valence-electron chi connectivity index (χ1n) is 6.48. The van der Waals surface area contributed by atoms with E-state index in [2.05, 4.69) is 20.3 Å². The molecule has 1 fully saturated rings. The lowest BCUT2D eigenvalue weighted by Crippen LogP contribution is -2.15. The summed E-state index contributed by atoms with van der Waals surface area (Å²) in [4.78, 5) is 9.93. The van der Waals surface area contributed by atoms with Crippen LogP contribution in [-0.2, 0) is 6.18 Å². The van der Waals surface area contributed by atoms with Crippen LogP contribution in [0, 0.1) is 5.82 Å². The van der Waals surface area contributed by atoms with E-state index in [4.69, 9.17) is 5.73 Å². The first kappa shape index (κ1) is 14.5. The Balaban J connectivity index is 1.90. The Morgan fingerprint density at radius 3 is 2.50 bits per heavy atom. The zero-order valence-corrected chi connectivity index (χ0v) is 11.2. The molecule has 3 N–H and O–H groups in total. The summed E-state index contributed by atoms with van der Waals surface area (Å²) in [6.07, 6.45) is -2.93. The predicted molar refractivity (Wildman–Crippen MR) is 70.9 cm³/mol. The number of alkyl halides is 3. The quantitative estimate of drug-likeness (QED) is 0.851. The molecule has 1 heterocycles. The molecule has 1 aromatic heterocycles. The summed E-state index contributed by atoms with van der Waals surface area (Å²) in [6, 6.07) is 4.19. The fraction of sp³-hybridized carbons (Fsp3) is 0.308. The summed E-state index contributed by atoms with van der Waals surface area (Å²) in [6.45, 7) is 0. The van der Waals surface area contributed by atoms with Gasteiger partial charge >= 0.3 is 6.18 Å². The Morgan fingerprint density at radius 1 is 1.14 bits per heavy atom. The molecule has 22 heavy (non-hydrogen) atoms. The smallest absolute Gasteiger partial charge is 0.368 e. The molecule has 3 rings (SSSR count). The predicted octanol–water partition coefficient (Wildman–Crippen LogP) is 3.23. The van der Waals surface area contributed by atoms with Crippen molar-refractivity contribution in [2.75, 3.05) is 11.1 Å². The summed E-state index contributed by atoms with van der Waals surface area (Å²) >= 11 is 0. The van der Waals surface area contributed by atoms with Gasteiger partial charge < -0.3 is 11.1 Å². The normalized spacial score (nSPS) is 14.9. The number of hydrogen-bond acceptors (Lipinski definition) is 5. The van der Waals surface area contributed by atoms with Crippen LogP contribution >= 0.6 is 0 Å². The highest BCUT2D eigenvalue weighted by molar-refractivity contribution is 5.56. The second kappa shape index (κ2) is 5.08. The van der Waals surface area contributed by atoms with Gasteiger partial charge in [0.05, 0.1) is 0 Å². The van der Waals surface area contributed by atoms with Gasteiger partial charge in [-0.1, -0.05) is 0 Å². The van der Waals surface area contributed by atoms with Crippen LogP contribution in [0.25, 0.3) is 0 Å². The van der Waals surface area contributed by atoms with Crippen LogP contribution in [0.15, 0.2) is 18.2 Å². The number of aromatic nitrogens is 3. The van der Waals surface area contributed by atoms with E-state index < -0.39 is 17.9 Å².